The van der Waals surface area contributed by atoms with Crippen LogP contribution in [0.15, 0.2) is 40.1 Å². The van der Waals surface area contributed by atoms with Crippen LogP contribution in [0.4, 0.5) is 4.39 Å². The zero-order valence-corrected chi connectivity index (χ0v) is 22.7. The normalized spacial score (nSPS) is 25.9. The Morgan fingerprint density at radius 1 is 0.824 bits per heavy atom. The molecule has 34 heavy (non-hydrogen) atoms. The number of halogens is 1. The van der Waals surface area contributed by atoms with Gasteiger partial charge in [0.25, 0.3) is 0 Å². The fourth-order valence-electron chi connectivity index (χ4n) is 5.98. The van der Waals surface area contributed by atoms with Crippen LogP contribution in [-0.2, 0) is 19.7 Å². The van der Waals surface area contributed by atoms with E-state index in [4.69, 9.17) is 0 Å². The lowest BCUT2D eigenvalue weighted by Gasteiger charge is -2.40. The van der Waals surface area contributed by atoms with Crippen molar-refractivity contribution in [2.75, 3.05) is 5.75 Å². The maximum atomic E-state index is 14.1. The highest BCUT2D eigenvalue weighted by Gasteiger charge is 2.46. The van der Waals surface area contributed by atoms with Crippen molar-refractivity contribution in [3.05, 3.63) is 58.4 Å². The van der Waals surface area contributed by atoms with E-state index in [0.717, 1.165) is 5.56 Å². The number of sulfone groups is 2. The van der Waals surface area contributed by atoms with Crippen LogP contribution in [0.5, 0.6) is 0 Å². The largest absolute Gasteiger partial charge is 0.224 e. The Morgan fingerprint density at radius 2 is 1.41 bits per heavy atom. The molecule has 3 unspecified atom stereocenters. The first-order valence-electron chi connectivity index (χ1n) is 11.9. The molecule has 4 nitrogen and oxygen atoms in total. The average molecular weight is 507 g/mol. The van der Waals surface area contributed by atoms with E-state index in [9.17, 15) is 21.2 Å². The molecule has 0 bridgehead atoms. The maximum Gasteiger partial charge on any atom is 0.185 e. The molecule has 2 aliphatic heterocycles. The van der Waals surface area contributed by atoms with Gasteiger partial charge >= 0.3 is 0 Å². The molecule has 0 spiro atoms. The lowest BCUT2D eigenvalue weighted by Crippen LogP contribution is -2.32. The first kappa shape index (κ1) is 25.4. The molecular formula is C27H35FO4S2. The zero-order valence-electron chi connectivity index (χ0n) is 21.1. The summed E-state index contributed by atoms with van der Waals surface area (Å²) in [5.41, 5.74) is 1.97. The molecule has 186 valence electrons. The SMILES string of the molecule is Cc1c(C2CC(C(C)(C)C)c3cc(F)ccc3S2(=O)=O)ccc2c1S(=O)(=O)CCC2C(C)(C)C. The number of benzene rings is 2. The van der Waals surface area contributed by atoms with Crippen LogP contribution >= 0.6 is 0 Å². The summed E-state index contributed by atoms with van der Waals surface area (Å²) in [6.07, 6.45) is 0.842. The lowest BCUT2D eigenvalue weighted by molar-refractivity contribution is 0.291. The van der Waals surface area contributed by atoms with E-state index < -0.39 is 30.7 Å². The van der Waals surface area contributed by atoms with Gasteiger partial charge < -0.3 is 0 Å². The fraction of sp³-hybridized carbons (Fsp3) is 0.556. The number of hydrogen-bond donors (Lipinski definition) is 0. The topological polar surface area (TPSA) is 68.3 Å². The second-order valence-electron chi connectivity index (χ2n) is 12.1. The van der Waals surface area contributed by atoms with Crippen molar-refractivity contribution in [3.8, 4) is 0 Å². The Bertz CT molecular complexity index is 1360. The number of rotatable bonds is 1. The van der Waals surface area contributed by atoms with Gasteiger partial charge in [-0.3, -0.25) is 0 Å². The third-order valence-electron chi connectivity index (χ3n) is 7.76. The molecule has 3 atom stereocenters. The zero-order chi connectivity index (χ0) is 25.4. The molecule has 0 aliphatic carbocycles. The Balaban J connectivity index is 1.96. The molecule has 0 amide bonds. The highest BCUT2D eigenvalue weighted by molar-refractivity contribution is 7.92. The van der Waals surface area contributed by atoms with E-state index >= 15 is 0 Å². The molecule has 0 fully saturated rings. The molecule has 0 saturated carbocycles. The van der Waals surface area contributed by atoms with Crippen LogP contribution in [0, 0.1) is 23.6 Å². The summed E-state index contributed by atoms with van der Waals surface area (Å²) in [6, 6.07) is 7.56. The Morgan fingerprint density at radius 3 is 2.00 bits per heavy atom. The first-order chi connectivity index (χ1) is 15.5. The van der Waals surface area contributed by atoms with Crippen molar-refractivity contribution in [2.45, 2.75) is 88.2 Å². The second kappa shape index (κ2) is 7.89. The Kier molecular flexibility index (Phi) is 5.88. The highest BCUT2D eigenvalue weighted by atomic mass is 32.2. The van der Waals surface area contributed by atoms with Crippen LogP contribution < -0.4 is 0 Å². The smallest absolute Gasteiger partial charge is 0.185 e. The van der Waals surface area contributed by atoms with Crippen LogP contribution in [0.25, 0.3) is 0 Å². The molecule has 0 radical (unpaired) electrons. The Labute approximate surface area is 203 Å². The third kappa shape index (κ3) is 4.02. The van der Waals surface area contributed by atoms with Crippen molar-refractivity contribution in [1.29, 1.82) is 0 Å². The molecule has 2 aliphatic rings. The van der Waals surface area contributed by atoms with E-state index in [-0.39, 0.29) is 39.7 Å². The predicted octanol–water partition coefficient (Wildman–Crippen LogP) is 6.49. The van der Waals surface area contributed by atoms with Gasteiger partial charge in [-0.05, 0) is 82.9 Å². The molecule has 0 saturated heterocycles. The number of fused-ring (bicyclic) bond motifs is 2. The minimum atomic E-state index is -3.84. The van der Waals surface area contributed by atoms with Crippen molar-refractivity contribution in [2.24, 2.45) is 10.8 Å². The van der Waals surface area contributed by atoms with E-state index in [1.165, 1.54) is 18.2 Å². The van der Waals surface area contributed by atoms with Gasteiger partial charge in [-0.25, -0.2) is 21.2 Å². The predicted molar refractivity (Wildman–Crippen MR) is 133 cm³/mol. The van der Waals surface area contributed by atoms with E-state index in [2.05, 4.69) is 20.8 Å². The fourth-order valence-corrected chi connectivity index (χ4v) is 10.0. The van der Waals surface area contributed by atoms with Crippen molar-refractivity contribution in [1.82, 2.24) is 0 Å². The maximum absolute atomic E-state index is 14.1. The molecular weight excluding hydrogens is 471 g/mol. The molecule has 2 aromatic rings. The van der Waals surface area contributed by atoms with Gasteiger partial charge in [0.1, 0.15) is 5.82 Å². The minimum Gasteiger partial charge on any atom is -0.224 e. The van der Waals surface area contributed by atoms with Crippen molar-refractivity contribution < 1.29 is 21.2 Å². The van der Waals surface area contributed by atoms with Crippen molar-refractivity contribution in [3.63, 3.8) is 0 Å². The van der Waals surface area contributed by atoms with Crippen LogP contribution in [0.2, 0.25) is 0 Å². The third-order valence-corrected chi connectivity index (χ3v) is 11.9. The van der Waals surface area contributed by atoms with Crippen molar-refractivity contribution >= 4 is 19.7 Å². The van der Waals surface area contributed by atoms with Gasteiger partial charge in [-0.15, -0.1) is 0 Å². The summed E-state index contributed by atoms with van der Waals surface area (Å²) < 4.78 is 68.2. The average Bonchev–Trinajstić information content (AvgIpc) is 2.66. The summed E-state index contributed by atoms with van der Waals surface area (Å²) in [5.74, 6) is -0.504. The van der Waals surface area contributed by atoms with Gasteiger partial charge in [0.15, 0.2) is 19.7 Å². The standard InChI is InChI=1S/C27H35FO4S2/c1-16-18(9-10-19-21(26(2,3)4)12-13-33(29,30)25(16)19)24-15-22(27(5,6)7)20-14-17(28)8-11-23(20)34(24,31)32/h8-11,14,21-22,24H,12-13,15H2,1-7H3. The first-order valence-corrected chi connectivity index (χ1v) is 15.1. The second-order valence-corrected chi connectivity index (χ2v) is 16.2. The quantitative estimate of drug-likeness (QED) is 0.415. The number of hydrogen-bond acceptors (Lipinski definition) is 4. The molecule has 0 aromatic heterocycles. The van der Waals surface area contributed by atoms with Gasteiger partial charge in [0.05, 0.1) is 20.8 Å². The van der Waals surface area contributed by atoms with Gasteiger partial charge in [0, 0.05) is 0 Å². The van der Waals surface area contributed by atoms with Gasteiger partial charge in [0.2, 0.25) is 0 Å². The lowest BCUT2D eigenvalue weighted by atomic mass is 9.72. The van der Waals surface area contributed by atoms with Gasteiger partial charge in [-0.1, -0.05) is 53.7 Å². The van der Waals surface area contributed by atoms with Gasteiger partial charge in [-0.2, -0.15) is 0 Å². The summed E-state index contributed by atoms with van der Waals surface area (Å²) in [5, 5.41) is -0.884. The molecule has 2 heterocycles. The summed E-state index contributed by atoms with van der Waals surface area (Å²) in [6.45, 7) is 14.2. The van der Waals surface area contributed by atoms with Crippen LogP contribution in [0.3, 0.4) is 0 Å². The molecule has 0 N–H and O–H groups in total. The highest BCUT2D eigenvalue weighted by Crippen LogP contribution is 2.53. The molecule has 4 rings (SSSR count). The minimum absolute atomic E-state index is 0.0658. The van der Waals surface area contributed by atoms with E-state index in [1.54, 1.807) is 6.92 Å². The monoisotopic (exact) mass is 506 g/mol. The van der Waals surface area contributed by atoms with E-state index in [0.29, 0.717) is 28.0 Å². The van der Waals surface area contributed by atoms with Crippen LogP contribution in [-0.4, -0.2) is 22.6 Å². The summed E-state index contributed by atoms with van der Waals surface area (Å²) in [7, 11) is -7.35. The van der Waals surface area contributed by atoms with E-state index in [1.807, 2.05) is 32.9 Å². The summed E-state index contributed by atoms with van der Waals surface area (Å²) in [4.78, 5) is 0.459. The van der Waals surface area contributed by atoms with Crippen LogP contribution in [0.1, 0.15) is 93.7 Å². The molecule has 2 aromatic carbocycles. The Hall–Kier alpha value is -1.73. The molecule has 7 heteroatoms. The summed E-state index contributed by atoms with van der Waals surface area (Å²) >= 11 is 0.